The van der Waals surface area contributed by atoms with Crippen LogP contribution in [0.2, 0.25) is 6.32 Å². The van der Waals surface area contributed by atoms with Gasteiger partial charge in [0.05, 0.1) is 7.11 Å². The van der Waals surface area contributed by atoms with Crippen LogP contribution in [0.1, 0.15) is 51.0 Å². The van der Waals surface area contributed by atoms with Gasteiger partial charge in [0.25, 0.3) is 0 Å². The van der Waals surface area contributed by atoms with Gasteiger partial charge in [0.15, 0.2) is 0 Å². The fraction of sp³-hybridized carbons (Fsp3) is 0.684. The third-order valence-corrected chi connectivity index (χ3v) is 5.21. The molecule has 0 spiro atoms. The maximum atomic E-state index is 8.88. The summed E-state index contributed by atoms with van der Waals surface area (Å²) in [6.45, 7) is 3.01. The first-order valence-corrected chi connectivity index (χ1v) is 9.37. The number of hydrogen-bond acceptors (Lipinski definition) is 5. The summed E-state index contributed by atoms with van der Waals surface area (Å²) in [6, 6.07) is 8.32. The summed E-state index contributed by atoms with van der Waals surface area (Å²) in [4.78, 5) is 0. The molecule has 5 nitrogen and oxygen atoms in total. The molecule has 1 saturated carbocycles. The quantitative estimate of drug-likeness (QED) is 0.343. The normalized spacial score (nSPS) is 17.8. The Balaban J connectivity index is 1.69. The summed E-state index contributed by atoms with van der Waals surface area (Å²) < 4.78 is 5.21. The lowest BCUT2D eigenvalue weighted by molar-refractivity contribution is 0.355. The van der Waals surface area contributed by atoms with E-state index in [9.17, 15) is 0 Å². The Labute approximate surface area is 152 Å². The predicted octanol–water partition coefficient (Wildman–Crippen LogP) is 2.11. The van der Waals surface area contributed by atoms with Gasteiger partial charge >= 0.3 is 7.12 Å². The Morgan fingerprint density at radius 3 is 2.44 bits per heavy atom. The van der Waals surface area contributed by atoms with Crippen LogP contribution in [0.4, 0.5) is 0 Å². The minimum Gasteiger partial charge on any atom is -0.497 e. The molecule has 0 heterocycles. The van der Waals surface area contributed by atoms with Gasteiger partial charge in [-0.15, -0.1) is 0 Å². The Hall–Kier alpha value is -1.08. The largest absolute Gasteiger partial charge is 0.497 e. The molecule has 1 atom stereocenters. The summed E-state index contributed by atoms with van der Waals surface area (Å²) in [5.74, 6) is 0.897. The highest BCUT2D eigenvalue weighted by Crippen LogP contribution is 2.39. The number of unbranched alkanes of at least 4 members (excludes halogenated alkanes) is 1. The average Bonchev–Trinajstić information content (AvgIpc) is 3.31. The molecule has 0 saturated heterocycles. The predicted molar refractivity (Wildman–Crippen MR) is 103 cm³/mol. The molecule has 25 heavy (non-hydrogen) atoms. The monoisotopic (exact) mass is 348 g/mol. The molecule has 2 rings (SSSR count). The van der Waals surface area contributed by atoms with Gasteiger partial charge in [0.2, 0.25) is 0 Å². The van der Waals surface area contributed by atoms with Crippen molar-refractivity contribution in [1.82, 2.24) is 5.32 Å². The van der Waals surface area contributed by atoms with Gasteiger partial charge in [0.1, 0.15) is 5.75 Å². The van der Waals surface area contributed by atoms with Crippen molar-refractivity contribution in [2.24, 2.45) is 5.73 Å². The average molecular weight is 348 g/mol. The van der Waals surface area contributed by atoms with E-state index in [-0.39, 0.29) is 11.1 Å². The molecule has 0 aliphatic heterocycles. The number of rotatable bonds is 12. The molecule has 0 radical (unpaired) electrons. The molecule has 0 bridgehead atoms. The summed E-state index contributed by atoms with van der Waals surface area (Å²) in [5.41, 5.74) is 7.76. The summed E-state index contributed by atoms with van der Waals surface area (Å²) >= 11 is 0. The van der Waals surface area contributed by atoms with Crippen molar-refractivity contribution in [2.75, 3.05) is 13.7 Å². The fourth-order valence-electron chi connectivity index (χ4n) is 3.30. The van der Waals surface area contributed by atoms with Gasteiger partial charge < -0.3 is 25.8 Å². The molecule has 1 aliphatic rings. The molecule has 5 N–H and O–H groups in total. The van der Waals surface area contributed by atoms with Crippen molar-refractivity contribution in [3.8, 4) is 5.75 Å². The van der Waals surface area contributed by atoms with E-state index in [1.54, 1.807) is 7.11 Å². The van der Waals surface area contributed by atoms with Crippen molar-refractivity contribution in [2.45, 2.75) is 69.3 Å². The Morgan fingerprint density at radius 2 is 1.88 bits per heavy atom. The number of nitrogens with two attached hydrogens (primary N) is 1. The van der Waals surface area contributed by atoms with Crippen molar-refractivity contribution in [3.05, 3.63) is 29.8 Å². The topological polar surface area (TPSA) is 87.7 Å². The SMILES string of the molecule is COc1ccc(CC2(NCCC(C)(N)CCCCB(O)O)CC2)cc1. The minimum absolute atomic E-state index is 0.205. The lowest BCUT2D eigenvalue weighted by atomic mass is 9.82. The van der Waals surface area contributed by atoms with Crippen LogP contribution in [0.15, 0.2) is 24.3 Å². The van der Waals surface area contributed by atoms with Crippen LogP contribution < -0.4 is 15.8 Å². The van der Waals surface area contributed by atoms with Crippen molar-refractivity contribution >= 4 is 7.12 Å². The third-order valence-electron chi connectivity index (χ3n) is 5.21. The molecule has 1 aromatic carbocycles. The van der Waals surface area contributed by atoms with E-state index in [2.05, 4.69) is 24.4 Å². The van der Waals surface area contributed by atoms with Crippen molar-refractivity contribution in [3.63, 3.8) is 0 Å². The van der Waals surface area contributed by atoms with E-state index in [0.29, 0.717) is 6.32 Å². The van der Waals surface area contributed by atoms with Crippen LogP contribution in [-0.4, -0.2) is 41.9 Å². The number of benzene rings is 1. The first kappa shape index (κ1) is 20.2. The maximum absolute atomic E-state index is 8.88. The molecule has 1 aliphatic carbocycles. The first-order valence-electron chi connectivity index (χ1n) is 9.37. The van der Waals surface area contributed by atoms with Gasteiger partial charge in [0, 0.05) is 11.1 Å². The summed E-state index contributed by atoms with van der Waals surface area (Å²) in [7, 11) is 0.493. The second-order valence-corrected chi connectivity index (χ2v) is 7.86. The smallest absolute Gasteiger partial charge is 0.451 e. The van der Waals surface area contributed by atoms with Gasteiger partial charge in [-0.3, -0.25) is 0 Å². The molecular formula is C19H33BN2O3. The molecule has 1 unspecified atom stereocenters. The second kappa shape index (κ2) is 9.03. The zero-order chi connectivity index (χ0) is 18.3. The molecule has 0 amide bonds. The van der Waals surface area contributed by atoms with Crippen LogP contribution in [0.5, 0.6) is 5.75 Å². The Bertz CT molecular complexity index is 516. The second-order valence-electron chi connectivity index (χ2n) is 7.86. The lowest BCUT2D eigenvalue weighted by Crippen LogP contribution is -2.42. The summed E-state index contributed by atoms with van der Waals surface area (Å²) in [6.07, 6.45) is 7.49. The van der Waals surface area contributed by atoms with Gasteiger partial charge in [-0.25, -0.2) is 0 Å². The zero-order valence-corrected chi connectivity index (χ0v) is 15.6. The lowest BCUT2D eigenvalue weighted by Gasteiger charge is -2.27. The minimum atomic E-state index is -1.20. The van der Waals surface area contributed by atoms with E-state index in [1.165, 1.54) is 18.4 Å². The van der Waals surface area contributed by atoms with E-state index in [0.717, 1.165) is 44.4 Å². The van der Waals surface area contributed by atoms with Crippen molar-refractivity contribution < 1.29 is 14.8 Å². The van der Waals surface area contributed by atoms with E-state index >= 15 is 0 Å². The standard InChI is InChI=1S/C19H33BN2O3/c1-18(21,9-3-4-13-20(23)24)12-14-22-19(10-11-19)15-16-5-7-17(25-2)8-6-16/h5-8,22-24H,3-4,9-15,21H2,1-2H3. The van der Waals surface area contributed by atoms with Crippen LogP contribution in [0.3, 0.4) is 0 Å². The first-order chi connectivity index (χ1) is 11.8. The Morgan fingerprint density at radius 1 is 1.20 bits per heavy atom. The zero-order valence-electron chi connectivity index (χ0n) is 15.6. The number of methoxy groups -OCH3 is 1. The van der Waals surface area contributed by atoms with Gasteiger partial charge in [-0.2, -0.15) is 0 Å². The van der Waals surface area contributed by atoms with Crippen LogP contribution >= 0.6 is 0 Å². The number of ether oxygens (including phenoxy) is 1. The highest BCUT2D eigenvalue weighted by atomic mass is 16.5. The van der Waals surface area contributed by atoms with Gasteiger partial charge in [-0.05, 0) is 69.6 Å². The fourth-order valence-corrected chi connectivity index (χ4v) is 3.30. The van der Waals surface area contributed by atoms with Crippen LogP contribution in [0.25, 0.3) is 0 Å². The van der Waals surface area contributed by atoms with Crippen molar-refractivity contribution in [1.29, 1.82) is 0 Å². The molecule has 1 aromatic rings. The van der Waals surface area contributed by atoms with Crippen LogP contribution in [0, 0.1) is 0 Å². The highest BCUT2D eigenvalue weighted by molar-refractivity contribution is 6.40. The highest BCUT2D eigenvalue weighted by Gasteiger charge is 2.42. The Kier molecular flexibility index (Phi) is 7.31. The third kappa shape index (κ3) is 7.36. The molecule has 0 aromatic heterocycles. The molecule has 140 valence electrons. The summed E-state index contributed by atoms with van der Waals surface area (Å²) in [5, 5.41) is 21.5. The number of hydrogen-bond donors (Lipinski definition) is 4. The van der Waals surface area contributed by atoms with E-state index < -0.39 is 7.12 Å². The molecule has 1 fully saturated rings. The van der Waals surface area contributed by atoms with Gasteiger partial charge in [-0.1, -0.05) is 25.0 Å². The van der Waals surface area contributed by atoms with E-state index in [1.807, 2.05) is 12.1 Å². The molecule has 6 heteroatoms. The number of nitrogens with one attached hydrogen (secondary N) is 1. The van der Waals surface area contributed by atoms with Crippen LogP contribution in [-0.2, 0) is 6.42 Å². The molecular weight excluding hydrogens is 315 g/mol. The maximum Gasteiger partial charge on any atom is 0.451 e. The van der Waals surface area contributed by atoms with E-state index in [4.69, 9.17) is 20.5 Å².